The summed E-state index contributed by atoms with van der Waals surface area (Å²) in [6.45, 7) is 1.92. The van der Waals surface area contributed by atoms with Gasteiger partial charge in [-0.15, -0.1) is 11.8 Å². The van der Waals surface area contributed by atoms with Gasteiger partial charge in [0.25, 0.3) is 0 Å². The van der Waals surface area contributed by atoms with Crippen molar-refractivity contribution >= 4 is 0 Å². The highest BCUT2D eigenvalue weighted by molar-refractivity contribution is 4.97. The van der Waals surface area contributed by atoms with Crippen molar-refractivity contribution in [2.24, 2.45) is 0 Å². The average molecular weight is 122 g/mol. The van der Waals surface area contributed by atoms with Gasteiger partial charge in [0.05, 0.1) is 0 Å². The van der Waals surface area contributed by atoms with E-state index in [-0.39, 0.29) is 0 Å². The molecule has 0 aromatic heterocycles. The lowest BCUT2D eigenvalue weighted by Gasteiger charge is -1.60. The molecule has 0 amide bonds. The zero-order chi connectivity index (χ0) is 6.99. The maximum Gasteiger partial charge on any atom is 0.487 e. The lowest BCUT2D eigenvalue weighted by atomic mass is 10.7. The Morgan fingerprint density at radius 2 is 1.50 bits per heavy atom. The van der Waals surface area contributed by atoms with Gasteiger partial charge in [0.15, 0.2) is 0 Å². The molecular formula is C5H5F3. The van der Waals surface area contributed by atoms with Crippen molar-refractivity contribution in [1.82, 2.24) is 0 Å². The van der Waals surface area contributed by atoms with E-state index >= 15 is 0 Å². The van der Waals surface area contributed by atoms with Crippen molar-refractivity contribution in [2.75, 3.05) is 0 Å². The van der Waals surface area contributed by atoms with Gasteiger partial charge < -0.3 is 0 Å². The smallest absolute Gasteiger partial charge is 0.162 e. The van der Waals surface area contributed by atoms with Gasteiger partial charge in [0.1, 0.15) is 0 Å². The summed E-state index contributed by atoms with van der Waals surface area (Å²) in [7, 11) is 0. The molecule has 0 unspecified atom stereocenters. The molecule has 0 rings (SSSR count). The van der Waals surface area contributed by atoms with Crippen molar-refractivity contribution in [1.29, 1.82) is 0 Å². The summed E-state index contributed by atoms with van der Waals surface area (Å²) >= 11 is 0. The van der Waals surface area contributed by atoms with Crippen LogP contribution < -0.4 is 0 Å². The van der Waals surface area contributed by atoms with Crippen molar-refractivity contribution in [3.63, 3.8) is 0 Å². The molecule has 0 saturated heterocycles. The maximum atomic E-state index is 9.58. The number of rotatable bonds is 0. The summed E-state index contributed by atoms with van der Waals surface area (Å²) in [6.07, 6.45) is 0. The minimum atomic E-state index is -3.08. The van der Waals surface area contributed by atoms with Crippen LogP contribution in [0.3, 0.4) is 0 Å². The van der Waals surface area contributed by atoms with Gasteiger partial charge in [0, 0.05) is 6.92 Å². The first-order chi connectivity index (χ1) is 3.65. The molecular weight excluding hydrogens is 117 g/mol. The molecule has 0 heterocycles. The summed E-state index contributed by atoms with van der Waals surface area (Å²) < 4.78 is 28.8. The molecule has 0 fully saturated rings. The molecule has 8 heavy (non-hydrogen) atoms. The van der Waals surface area contributed by atoms with Crippen LogP contribution in [0.25, 0.3) is 0 Å². The van der Waals surface area contributed by atoms with E-state index in [4.69, 9.17) is 0 Å². The average Bonchev–Trinajstić information content (AvgIpc) is 1.65. The molecule has 0 spiro atoms. The van der Waals surface area contributed by atoms with E-state index in [1.165, 1.54) is 0 Å². The van der Waals surface area contributed by atoms with Crippen LogP contribution in [0.5, 0.6) is 0 Å². The van der Waals surface area contributed by atoms with E-state index in [0.717, 1.165) is 0 Å². The van der Waals surface area contributed by atoms with Crippen LogP contribution in [-0.4, -0.2) is 0 Å². The van der Waals surface area contributed by atoms with Crippen LogP contribution in [0.2, 0.25) is 0 Å². The van der Waals surface area contributed by atoms with Gasteiger partial charge in [-0.05, 0) is 6.92 Å². The summed E-state index contributed by atoms with van der Waals surface area (Å²) in [5.74, 6) is 5.00. The molecule has 0 aliphatic heterocycles. The fourth-order valence-electron chi connectivity index (χ4n) is 0. The third kappa shape index (κ3) is 826. The second kappa shape index (κ2) is 9.61. The SMILES string of the molecule is F[C](F)F.[CH2]C#CC. The zero-order valence-electron chi connectivity index (χ0n) is 4.34. The van der Waals surface area contributed by atoms with Crippen molar-refractivity contribution < 1.29 is 13.2 Å². The van der Waals surface area contributed by atoms with Gasteiger partial charge in [-0.3, -0.25) is 0 Å². The Hall–Kier alpha value is -0.650. The Bertz CT molecular complexity index is 68.7. The molecule has 46 valence electrons. The summed E-state index contributed by atoms with van der Waals surface area (Å²) in [4.78, 5) is 0. The van der Waals surface area contributed by atoms with Crippen molar-refractivity contribution in [2.45, 2.75) is 6.92 Å². The van der Waals surface area contributed by atoms with Gasteiger partial charge in [-0.25, -0.2) is 0 Å². The summed E-state index contributed by atoms with van der Waals surface area (Å²) in [5, 5.41) is 0. The Kier molecular flexibility index (Phi) is 12.4. The molecule has 0 atom stereocenters. The van der Waals surface area contributed by atoms with Gasteiger partial charge >= 0.3 is 6.68 Å². The minimum Gasteiger partial charge on any atom is -0.162 e. The van der Waals surface area contributed by atoms with Gasteiger partial charge in [0.2, 0.25) is 0 Å². The Morgan fingerprint density at radius 1 is 1.38 bits per heavy atom. The summed E-state index contributed by atoms with van der Waals surface area (Å²) in [5.41, 5.74) is 0. The van der Waals surface area contributed by atoms with Crippen LogP contribution in [0.4, 0.5) is 13.2 Å². The summed E-state index contributed by atoms with van der Waals surface area (Å²) in [6, 6.07) is 0. The van der Waals surface area contributed by atoms with Gasteiger partial charge in [-0.2, -0.15) is 13.2 Å². The van der Waals surface area contributed by atoms with E-state index in [9.17, 15) is 13.2 Å². The molecule has 2 radical (unpaired) electrons. The molecule has 0 saturated carbocycles. The first kappa shape index (κ1) is 10.4. The Morgan fingerprint density at radius 3 is 1.50 bits per heavy atom. The number of halogens is 3. The minimum absolute atomic E-state index is 1.76. The molecule has 0 aliphatic carbocycles. The maximum absolute atomic E-state index is 9.58. The lowest BCUT2D eigenvalue weighted by Crippen LogP contribution is -1.49. The monoisotopic (exact) mass is 122 g/mol. The standard InChI is InChI=1S/C4H5.CF3/c1-3-4-2;2-1(3)4/h1H2,2H3;. The number of hydrogen-bond acceptors (Lipinski definition) is 0. The fraction of sp³-hybridized carbons (Fsp3) is 0.200. The van der Waals surface area contributed by atoms with Crippen LogP contribution >= 0.6 is 0 Å². The first-order valence-corrected chi connectivity index (χ1v) is 1.67. The molecule has 0 bridgehead atoms. The van der Waals surface area contributed by atoms with Crippen LogP contribution in [0, 0.1) is 25.4 Å². The zero-order valence-corrected chi connectivity index (χ0v) is 4.34. The predicted octanol–water partition coefficient (Wildman–Crippen LogP) is 2.19. The van der Waals surface area contributed by atoms with Crippen molar-refractivity contribution in [3.8, 4) is 11.8 Å². The van der Waals surface area contributed by atoms with Gasteiger partial charge in [-0.1, -0.05) is 0 Å². The number of hydrogen-bond donors (Lipinski definition) is 0. The largest absolute Gasteiger partial charge is 0.487 e. The highest BCUT2D eigenvalue weighted by Crippen LogP contribution is 1.99. The molecule has 3 heteroatoms. The second-order valence-corrected chi connectivity index (χ2v) is 0.641. The topological polar surface area (TPSA) is 0 Å². The highest BCUT2D eigenvalue weighted by Gasteiger charge is 1.93. The normalized spacial score (nSPS) is 6.25. The Labute approximate surface area is 46.7 Å². The lowest BCUT2D eigenvalue weighted by molar-refractivity contribution is 0.142. The predicted molar refractivity (Wildman–Crippen MR) is 25.4 cm³/mol. The molecule has 0 nitrogen and oxygen atoms in total. The molecule has 0 N–H and O–H groups in total. The molecule has 0 aliphatic rings. The second-order valence-electron chi connectivity index (χ2n) is 0.641. The first-order valence-electron chi connectivity index (χ1n) is 1.67. The third-order valence-electron chi connectivity index (χ3n) is 0.177. The van der Waals surface area contributed by atoms with E-state index in [1.807, 2.05) is 0 Å². The van der Waals surface area contributed by atoms with Crippen LogP contribution in [0.15, 0.2) is 0 Å². The van der Waals surface area contributed by atoms with E-state index in [2.05, 4.69) is 18.8 Å². The van der Waals surface area contributed by atoms with E-state index in [0.29, 0.717) is 0 Å². The van der Waals surface area contributed by atoms with E-state index in [1.54, 1.807) is 6.92 Å². The third-order valence-corrected chi connectivity index (χ3v) is 0.177. The molecule has 0 aromatic rings. The quantitative estimate of drug-likeness (QED) is 0.432. The fourth-order valence-corrected chi connectivity index (χ4v) is 0. The van der Waals surface area contributed by atoms with Crippen LogP contribution in [-0.2, 0) is 0 Å². The van der Waals surface area contributed by atoms with Crippen molar-refractivity contribution in [3.05, 3.63) is 13.6 Å². The Balaban J connectivity index is 0. The van der Waals surface area contributed by atoms with E-state index < -0.39 is 6.68 Å². The molecule has 0 aromatic carbocycles. The highest BCUT2D eigenvalue weighted by atomic mass is 19.4. The van der Waals surface area contributed by atoms with Crippen LogP contribution in [0.1, 0.15) is 6.92 Å².